The van der Waals surface area contributed by atoms with Crippen LogP contribution in [0.25, 0.3) is 0 Å². The Labute approximate surface area is 140 Å². The molecule has 0 unspecified atom stereocenters. The van der Waals surface area contributed by atoms with Crippen molar-refractivity contribution in [2.45, 2.75) is 23.8 Å². The van der Waals surface area contributed by atoms with E-state index in [1.54, 1.807) is 23.1 Å². The summed E-state index contributed by atoms with van der Waals surface area (Å²) in [6.07, 6.45) is 2.21. The number of hydrogen-bond acceptors (Lipinski definition) is 4. The molecule has 128 valence electrons. The molecule has 24 heavy (non-hydrogen) atoms. The molecule has 5 nitrogen and oxygen atoms in total. The molecule has 0 spiro atoms. The monoisotopic (exact) mass is 351 g/mol. The normalized spacial score (nSPS) is 16.3. The molecule has 0 atom stereocenters. The van der Waals surface area contributed by atoms with Gasteiger partial charge in [0.15, 0.2) is 9.84 Å². The second-order valence-corrected chi connectivity index (χ2v) is 8.17. The van der Waals surface area contributed by atoms with Gasteiger partial charge < -0.3 is 9.32 Å². The lowest BCUT2D eigenvalue weighted by atomic mass is 10.1. The Hall–Kier alpha value is -2.15. The number of hydrogen-bond donors (Lipinski definition) is 0. The Bertz CT molecular complexity index is 809. The van der Waals surface area contributed by atoms with Crippen LogP contribution in [0.2, 0.25) is 0 Å². The predicted octanol–water partition coefficient (Wildman–Crippen LogP) is 2.64. The minimum absolute atomic E-state index is 0.123. The molecule has 1 aromatic carbocycles. The molecule has 1 aromatic heterocycles. The number of carbonyl (C=O) groups excluding carboxylic acids is 1. The Morgan fingerprint density at radius 2 is 1.96 bits per heavy atom. The summed E-state index contributed by atoms with van der Waals surface area (Å²) in [4.78, 5) is 13.9. The molecule has 1 amide bonds. The summed E-state index contributed by atoms with van der Waals surface area (Å²) >= 11 is 0. The van der Waals surface area contributed by atoms with E-state index >= 15 is 0 Å². The third-order valence-electron chi connectivity index (χ3n) is 4.23. The number of benzene rings is 1. The fourth-order valence-electron chi connectivity index (χ4n) is 2.93. The molecule has 1 aliphatic heterocycles. The number of halogens is 1. The van der Waals surface area contributed by atoms with Crippen molar-refractivity contribution in [1.29, 1.82) is 0 Å². The number of nitrogens with zero attached hydrogens (tertiary/aromatic N) is 1. The summed E-state index contributed by atoms with van der Waals surface area (Å²) in [7, 11) is -3.32. The van der Waals surface area contributed by atoms with Gasteiger partial charge in [-0.3, -0.25) is 4.79 Å². The van der Waals surface area contributed by atoms with Gasteiger partial charge in [-0.25, -0.2) is 12.8 Å². The zero-order chi connectivity index (χ0) is 17.2. The van der Waals surface area contributed by atoms with E-state index in [0.29, 0.717) is 31.7 Å². The summed E-state index contributed by atoms with van der Waals surface area (Å²) < 4.78 is 43.2. The highest BCUT2D eigenvalue weighted by Gasteiger charge is 2.32. The number of piperidine rings is 1. The van der Waals surface area contributed by atoms with Crippen molar-refractivity contribution >= 4 is 15.7 Å². The highest BCUT2D eigenvalue weighted by Crippen LogP contribution is 2.23. The van der Waals surface area contributed by atoms with Crippen LogP contribution < -0.4 is 0 Å². The van der Waals surface area contributed by atoms with Crippen molar-refractivity contribution in [2.24, 2.45) is 0 Å². The van der Waals surface area contributed by atoms with E-state index in [0.717, 1.165) is 0 Å². The highest BCUT2D eigenvalue weighted by atomic mass is 32.2. The summed E-state index contributed by atoms with van der Waals surface area (Å²) in [5.74, 6) is -0.427. The number of sulfone groups is 1. The van der Waals surface area contributed by atoms with Crippen LogP contribution in [0.5, 0.6) is 0 Å². The van der Waals surface area contributed by atoms with Gasteiger partial charge >= 0.3 is 0 Å². The molecule has 1 fully saturated rings. The molecular weight excluding hydrogens is 333 g/mol. The standard InChI is InChI=1S/C17H18FNO4S/c18-14-4-1-3-13(11-14)17(20)19-8-6-16(7-9-19)24(21,22)12-15-5-2-10-23-15/h1-5,10-11,16H,6-9,12H2. The first-order valence-electron chi connectivity index (χ1n) is 7.74. The van der Waals surface area contributed by atoms with Crippen LogP contribution >= 0.6 is 0 Å². The molecule has 0 radical (unpaired) electrons. The molecule has 7 heteroatoms. The maximum atomic E-state index is 13.2. The summed E-state index contributed by atoms with van der Waals surface area (Å²) in [5.41, 5.74) is 0.284. The average molecular weight is 351 g/mol. The molecule has 2 heterocycles. The number of rotatable bonds is 4. The van der Waals surface area contributed by atoms with Crippen LogP contribution in [0.1, 0.15) is 29.0 Å². The van der Waals surface area contributed by atoms with E-state index in [9.17, 15) is 17.6 Å². The smallest absolute Gasteiger partial charge is 0.253 e. The molecule has 3 rings (SSSR count). The Morgan fingerprint density at radius 3 is 2.58 bits per heavy atom. The van der Waals surface area contributed by atoms with Gasteiger partial charge in [0.25, 0.3) is 5.91 Å². The summed E-state index contributed by atoms with van der Waals surface area (Å²) in [6.45, 7) is 0.689. The van der Waals surface area contributed by atoms with E-state index in [-0.39, 0.29) is 17.2 Å². The first-order chi connectivity index (χ1) is 11.5. The Kier molecular flexibility index (Phi) is 4.71. The molecule has 0 saturated carbocycles. The van der Waals surface area contributed by atoms with Crippen LogP contribution in [0.3, 0.4) is 0 Å². The van der Waals surface area contributed by atoms with Crippen molar-refractivity contribution in [1.82, 2.24) is 4.90 Å². The lowest BCUT2D eigenvalue weighted by Gasteiger charge is -2.31. The summed E-state index contributed by atoms with van der Waals surface area (Å²) in [5, 5.41) is -0.487. The SMILES string of the molecule is O=C(c1cccc(F)c1)N1CCC(S(=O)(=O)Cc2ccco2)CC1. The van der Waals surface area contributed by atoms with Gasteiger partial charge in [-0.2, -0.15) is 0 Å². The number of furan rings is 1. The molecule has 2 aromatic rings. The van der Waals surface area contributed by atoms with Crippen LogP contribution in [0, 0.1) is 5.82 Å². The minimum atomic E-state index is -3.32. The molecule has 1 saturated heterocycles. The zero-order valence-corrected chi connectivity index (χ0v) is 13.8. The lowest BCUT2D eigenvalue weighted by Crippen LogP contribution is -2.42. The first-order valence-corrected chi connectivity index (χ1v) is 9.46. The second-order valence-electron chi connectivity index (χ2n) is 5.89. The van der Waals surface area contributed by atoms with Crippen molar-refractivity contribution < 1.29 is 22.0 Å². The van der Waals surface area contributed by atoms with Crippen molar-refractivity contribution in [2.75, 3.05) is 13.1 Å². The average Bonchev–Trinajstić information content (AvgIpc) is 3.06. The largest absolute Gasteiger partial charge is 0.468 e. The van der Waals surface area contributed by atoms with E-state index in [1.807, 2.05) is 0 Å². The highest BCUT2D eigenvalue weighted by molar-refractivity contribution is 7.91. The van der Waals surface area contributed by atoms with Crippen molar-refractivity contribution in [3.05, 3.63) is 59.8 Å². The Balaban J connectivity index is 1.62. The van der Waals surface area contributed by atoms with Gasteiger partial charge in [-0.1, -0.05) is 6.07 Å². The number of likely N-dealkylation sites (tertiary alicyclic amines) is 1. The topological polar surface area (TPSA) is 67.6 Å². The van der Waals surface area contributed by atoms with Crippen LogP contribution in [0.4, 0.5) is 4.39 Å². The number of amides is 1. The van der Waals surface area contributed by atoms with Gasteiger partial charge in [0.05, 0.1) is 11.5 Å². The van der Waals surface area contributed by atoms with Gasteiger partial charge in [0.2, 0.25) is 0 Å². The minimum Gasteiger partial charge on any atom is -0.468 e. The predicted molar refractivity (Wildman–Crippen MR) is 86.7 cm³/mol. The molecule has 0 bridgehead atoms. The fraction of sp³-hybridized carbons (Fsp3) is 0.353. The van der Waals surface area contributed by atoms with E-state index in [2.05, 4.69) is 0 Å². The van der Waals surface area contributed by atoms with Gasteiger partial charge in [0.1, 0.15) is 17.3 Å². The second kappa shape index (κ2) is 6.76. The van der Waals surface area contributed by atoms with Crippen molar-refractivity contribution in [3.8, 4) is 0 Å². The Morgan fingerprint density at radius 1 is 1.21 bits per heavy atom. The van der Waals surface area contributed by atoms with E-state index in [4.69, 9.17) is 4.42 Å². The maximum absolute atomic E-state index is 13.2. The van der Waals surface area contributed by atoms with Crippen LogP contribution in [0.15, 0.2) is 47.1 Å². The van der Waals surface area contributed by atoms with Gasteiger partial charge in [-0.05, 0) is 43.2 Å². The quantitative estimate of drug-likeness (QED) is 0.849. The summed E-state index contributed by atoms with van der Waals surface area (Å²) in [6, 6.07) is 8.83. The fourth-order valence-corrected chi connectivity index (χ4v) is 4.66. The molecule has 0 aliphatic carbocycles. The van der Waals surface area contributed by atoms with E-state index < -0.39 is 20.9 Å². The molecule has 1 aliphatic rings. The van der Waals surface area contributed by atoms with Crippen molar-refractivity contribution in [3.63, 3.8) is 0 Å². The van der Waals surface area contributed by atoms with Gasteiger partial charge in [-0.15, -0.1) is 0 Å². The third-order valence-corrected chi connectivity index (χ3v) is 6.41. The van der Waals surface area contributed by atoms with Crippen LogP contribution in [-0.4, -0.2) is 37.6 Å². The maximum Gasteiger partial charge on any atom is 0.253 e. The zero-order valence-electron chi connectivity index (χ0n) is 13.0. The first kappa shape index (κ1) is 16.7. The number of carbonyl (C=O) groups is 1. The molecular formula is C17H18FNO4S. The third kappa shape index (κ3) is 3.67. The van der Waals surface area contributed by atoms with Gasteiger partial charge in [0, 0.05) is 18.7 Å². The van der Waals surface area contributed by atoms with E-state index in [1.165, 1.54) is 24.5 Å². The van der Waals surface area contributed by atoms with Crippen LogP contribution in [-0.2, 0) is 15.6 Å². The lowest BCUT2D eigenvalue weighted by molar-refractivity contribution is 0.0725. The molecule has 0 N–H and O–H groups in total.